The van der Waals surface area contributed by atoms with E-state index in [0.717, 1.165) is 19.3 Å². The van der Waals surface area contributed by atoms with Crippen molar-refractivity contribution in [2.45, 2.75) is 57.9 Å². The number of hydrogen-bond donors (Lipinski definition) is 1. The highest BCUT2D eigenvalue weighted by Crippen LogP contribution is 2.25. The molecule has 1 saturated carbocycles. The van der Waals surface area contributed by atoms with Crippen LogP contribution in [0.1, 0.15) is 51.9 Å². The maximum Gasteiger partial charge on any atom is 0.225 e. The van der Waals surface area contributed by atoms with Crippen LogP contribution >= 0.6 is 0 Å². The summed E-state index contributed by atoms with van der Waals surface area (Å²) in [6, 6.07) is 0.0723. The molecule has 2 aliphatic rings. The molecule has 1 saturated heterocycles. The Hall–Kier alpha value is -1.10. The van der Waals surface area contributed by atoms with Crippen molar-refractivity contribution >= 4 is 11.8 Å². The number of rotatable bonds is 4. The molecule has 0 bridgehead atoms. The molecule has 1 aliphatic heterocycles. The van der Waals surface area contributed by atoms with E-state index in [-0.39, 0.29) is 17.9 Å². The van der Waals surface area contributed by atoms with Gasteiger partial charge >= 0.3 is 0 Å². The summed E-state index contributed by atoms with van der Waals surface area (Å²) in [7, 11) is 0. The second kappa shape index (κ2) is 7.78. The predicted octanol–water partition coefficient (Wildman–Crippen LogP) is 1.36. The molecule has 0 aromatic rings. The molecule has 1 aliphatic carbocycles. The molecule has 5 heteroatoms. The van der Waals surface area contributed by atoms with E-state index in [1.54, 1.807) is 0 Å². The van der Waals surface area contributed by atoms with Crippen molar-refractivity contribution in [1.29, 1.82) is 0 Å². The summed E-state index contributed by atoms with van der Waals surface area (Å²) in [6.07, 6.45) is 7.00. The van der Waals surface area contributed by atoms with E-state index in [1.807, 2.05) is 16.7 Å². The number of piperazine rings is 1. The van der Waals surface area contributed by atoms with Crippen LogP contribution < -0.4 is 5.73 Å². The van der Waals surface area contributed by atoms with Gasteiger partial charge in [-0.3, -0.25) is 9.59 Å². The molecule has 0 radical (unpaired) electrons. The average molecular weight is 295 g/mol. The largest absolute Gasteiger partial charge is 0.339 e. The van der Waals surface area contributed by atoms with Gasteiger partial charge in [0.25, 0.3) is 0 Å². The molecule has 2 amide bonds. The molecule has 1 atom stereocenters. The molecule has 2 rings (SSSR count). The Morgan fingerprint density at radius 1 is 1.05 bits per heavy atom. The molecule has 0 aromatic carbocycles. The fraction of sp³-hybridized carbons (Fsp3) is 0.875. The van der Waals surface area contributed by atoms with Crippen LogP contribution in [0.15, 0.2) is 0 Å². The lowest BCUT2D eigenvalue weighted by Gasteiger charge is -2.37. The molecule has 5 nitrogen and oxygen atoms in total. The lowest BCUT2D eigenvalue weighted by atomic mass is 9.88. The Balaban J connectivity index is 1.74. The molecule has 2 fully saturated rings. The van der Waals surface area contributed by atoms with Gasteiger partial charge in [0.05, 0.1) is 0 Å². The summed E-state index contributed by atoms with van der Waals surface area (Å²) in [4.78, 5) is 28.3. The van der Waals surface area contributed by atoms with Gasteiger partial charge < -0.3 is 15.5 Å². The van der Waals surface area contributed by atoms with Crippen molar-refractivity contribution < 1.29 is 9.59 Å². The van der Waals surface area contributed by atoms with Crippen LogP contribution in [0.25, 0.3) is 0 Å². The first-order valence-electron chi connectivity index (χ1n) is 8.40. The molecule has 0 aromatic heterocycles. The van der Waals surface area contributed by atoms with Gasteiger partial charge in [0.15, 0.2) is 0 Å². The van der Waals surface area contributed by atoms with E-state index in [0.29, 0.717) is 38.5 Å². The number of carbonyl (C=O) groups is 2. The van der Waals surface area contributed by atoms with Gasteiger partial charge in [0.2, 0.25) is 11.8 Å². The van der Waals surface area contributed by atoms with E-state index in [4.69, 9.17) is 5.73 Å². The molecule has 21 heavy (non-hydrogen) atoms. The van der Waals surface area contributed by atoms with Crippen LogP contribution in [0.3, 0.4) is 0 Å². The molecule has 2 N–H and O–H groups in total. The summed E-state index contributed by atoms with van der Waals surface area (Å²) in [5.74, 6) is 0.730. The van der Waals surface area contributed by atoms with Gasteiger partial charge in [-0.05, 0) is 26.2 Å². The Bertz CT molecular complexity index is 357. The highest BCUT2D eigenvalue weighted by molar-refractivity contribution is 5.80. The normalized spacial score (nSPS) is 22.2. The fourth-order valence-corrected chi connectivity index (χ4v) is 3.29. The van der Waals surface area contributed by atoms with Gasteiger partial charge in [-0.15, -0.1) is 0 Å². The third-order valence-corrected chi connectivity index (χ3v) is 4.71. The summed E-state index contributed by atoms with van der Waals surface area (Å²) in [6.45, 7) is 4.67. The van der Waals surface area contributed by atoms with Crippen LogP contribution in [-0.2, 0) is 9.59 Å². The summed E-state index contributed by atoms with van der Waals surface area (Å²) in [5.41, 5.74) is 5.69. The number of amides is 2. The predicted molar refractivity (Wildman–Crippen MR) is 82.6 cm³/mol. The van der Waals surface area contributed by atoms with Gasteiger partial charge in [-0.25, -0.2) is 0 Å². The quantitative estimate of drug-likeness (QED) is 0.851. The van der Waals surface area contributed by atoms with Crippen LogP contribution in [-0.4, -0.2) is 53.8 Å². The van der Waals surface area contributed by atoms with Gasteiger partial charge in [-0.2, -0.15) is 0 Å². The Morgan fingerprint density at radius 3 is 2.19 bits per heavy atom. The first-order chi connectivity index (χ1) is 10.1. The van der Waals surface area contributed by atoms with Crippen molar-refractivity contribution in [2.24, 2.45) is 11.7 Å². The van der Waals surface area contributed by atoms with E-state index >= 15 is 0 Å². The standard InChI is InChI=1S/C16H29N3O2/c1-13(17)7-8-15(20)18-9-11-19(12-10-18)16(21)14-5-3-2-4-6-14/h13-14H,2-12,17H2,1H3. The maximum absolute atomic E-state index is 12.5. The Labute approximate surface area is 127 Å². The minimum Gasteiger partial charge on any atom is -0.339 e. The molecule has 120 valence electrons. The van der Waals surface area contributed by atoms with Crippen molar-refractivity contribution in [2.75, 3.05) is 26.2 Å². The van der Waals surface area contributed by atoms with Gasteiger partial charge in [0, 0.05) is 44.6 Å². The van der Waals surface area contributed by atoms with Crippen LogP contribution in [0.4, 0.5) is 0 Å². The number of nitrogens with two attached hydrogens (primary N) is 1. The summed E-state index contributed by atoms with van der Waals surface area (Å²) >= 11 is 0. The summed E-state index contributed by atoms with van der Waals surface area (Å²) in [5, 5.41) is 0. The minimum atomic E-state index is 0.0723. The average Bonchev–Trinajstić information content (AvgIpc) is 2.53. The zero-order valence-corrected chi connectivity index (χ0v) is 13.2. The third-order valence-electron chi connectivity index (χ3n) is 4.71. The highest BCUT2D eigenvalue weighted by Gasteiger charge is 2.29. The minimum absolute atomic E-state index is 0.0723. The summed E-state index contributed by atoms with van der Waals surface area (Å²) < 4.78 is 0. The Morgan fingerprint density at radius 2 is 1.62 bits per heavy atom. The van der Waals surface area contributed by atoms with Crippen molar-refractivity contribution in [3.8, 4) is 0 Å². The molecule has 1 heterocycles. The molecule has 1 unspecified atom stereocenters. The monoisotopic (exact) mass is 295 g/mol. The lowest BCUT2D eigenvalue weighted by molar-refractivity contribution is -0.142. The fourth-order valence-electron chi connectivity index (χ4n) is 3.29. The number of nitrogens with zero attached hydrogens (tertiary/aromatic N) is 2. The van der Waals surface area contributed by atoms with Gasteiger partial charge in [-0.1, -0.05) is 19.3 Å². The van der Waals surface area contributed by atoms with Crippen molar-refractivity contribution in [3.05, 3.63) is 0 Å². The first-order valence-corrected chi connectivity index (χ1v) is 8.40. The number of carbonyl (C=O) groups excluding carboxylic acids is 2. The second-order valence-corrected chi connectivity index (χ2v) is 6.56. The van der Waals surface area contributed by atoms with E-state index in [1.165, 1.54) is 19.3 Å². The molecular weight excluding hydrogens is 266 g/mol. The topological polar surface area (TPSA) is 66.6 Å². The van der Waals surface area contributed by atoms with Crippen molar-refractivity contribution in [3.63, 3.8) is 0 Å². The maximum atomic E-state index is 12.5. The van der Waals surface area contributed by atoms with Gasteiger partial charge in [0.1, 0.15) is 0 Å². The first kappa shape index (κ1) is 16.3. The second-order valence-electron chi connectivity index (χ2n) is 6.56. The smallest absolute Gasteiger partial charge is 0.225 e. The van der Waals surface area contributed by atoms with Crippen molar-refractivity contribution in [1.82, 2.24) is 9.80 Å². The lowest BCUT2D eigenvalue weighted by Crippen LogP contribution is -2.52. The van der Waals surface area contributed by atoms with E-state index < -0.39 is 0 Å². The molecular formula is C16H29N3O2. The zero-order valence-electron chi connectivity index (χ0n) is 13.2. The molecule has 0 spiro atoms. The SMILES string of the molecule is CC(N)CCC(=O)N1CCN(C(=O)C2CCCCC2)CC1. The van der Waals surface area contributed by atoms with Crippen LogP contribution in [0.2, 0.25) is 0 Å². The van der Waals surface area contributed by atoms with E-state index in [2.05, 4.69) is 0 Å². The third kappa shape index (κ3) is 4.70. The zero-order chi connectivity index (χ0) is 15.2. The number of hydrogen-bond acceptors (Lipinski definition) is 3. The Kier molecular flexibility index (Phi) is 6.03. The van der Waals surface area contributed by atoms with Crippen LogP contribution in [0, 0.1) is 5.92 Å². The highest BCUT2D eigenvalue weighted by atomic mass is 16.2. The van der Waals surface area contributed by atoms with E-state index in [9.17, 15) is 9.59 Å². The van der Waals surface area contributed by atoms with Crippen LogP contribution in [0.5, 0.6) is 0 Å².